The second-order valence-electron chi connectivity index (χ2n) is 4.26. The number of nitrogens with zero attached hydrogens (tertiary/aromatic N) is 1. The fraction of sp³-hybridized carbons (Fsp3) is 0.500. The van der Waals surface area contributed by atoms with Crippen LogP contribution < -0.4 is 0 Å². The van der Waals surface area contributed by atoms with E-state index in [2.05, 4.69) is 0 Å². The van der Waals surface area contributed by atoms with Gasteiger partial charge in [0.2, 0.25) is 0 Å². The quantitative estimate of drug-likeness (QED) is 0.807. The number of aliphatic hydroxyl groups is 1. The Hall–Kier alpha value is -0.640. The van der Waals surface area contributed by atoms with Crippen molar-refractivity contribution in [3.05, 3.63) is 35.6 Å². The molecule has 1 aliphatic heterocycles. The first kappa shape index (κ1) is 11.8. The van der Waals surface area contributed by atoms with Crippen molar-refractivity contribution in [1.82, 2.24) is 4.42 Å². The lowest BCUT2D eigenvalue weighted by Gasteiger charge is -2.34. The molecule has 0 spiro atoms. The van der Waals surface area contributed by atoms with Gasteiger partial charge >= 0.3 is 0 Å². The highest BCUT2D eigenvalue weighted by atomic mass is 35.5. The lowest BCUT2D eigenvalue weighted by molar-refractivity contribution is 0.146. The molecule has 2 nitrogen and oxygen atoms in total. The Bertz CT molecular complexity index is 343. The van der Waals surface area contributed by atoms with Crippen molar-refractivity contribution in [3.8, 4) is 0 Å². The molecule has 1 aliphatic rings. The van der Waals surface area contributed by atoms with Crippen molar-refractivity contribution in [2.45, 2.75) is 12.3 Å². The Morgan fingerprint density at radius 2 is 2.06 bits per heavy atom. The van der Waals surface area contributed by atoms with Crippen LogP contribution in [0.15, 0.2) is 24.3 Å². The molecule has 16 heavy (non-hydrogen) atoms. The van der Waals surface area contributed by atoms with Crippen LogP contribution in [0.2, 0.25) is 0 Å². The molecule has 1 N–H and O–H groups in total. The van der Waals surface area contributed by atoms with Gasteiger partial charge < -0.3 is 5.11 Å². The molecule has 0 bridgehead atoms. The molecular weight excluding hydrogens is 229 g/mol. The Balaban J connectivity index is 2.15. The normalized spacial score (nSPS) is 26.9. The zero-order chi connectivity index (χ0) is 11.5. The third-order valence-electron chi connectivity index (χ3n) is 3.22. The third kappa shape index (κ3) is 2.54. The Kier molecular flexibility index (Phi) is 3.79. The van der Waals surface area contributed by atoms with Crippen LogP contribution in [-0.2, 0) is 0 Å². The predicted octanol–water partition coefficient (Wildman–Crippen LogP) is 2.38. The van der Waals surface area contributed by atoms with Gasteiger partial charge in [-0.25, -0.2) is 8.81 Å². The summed E-state index contributed by atoms with van der Waals surface area (Å²) in [6.45, 7) is 1.60. The van der Waals surface area contributed by atoms with Crippen LogP contribution >= 0.6 is 11.8 Å². The van der Waals surface area contributed by atoms with Crippen LogP contribution in [0, 0.1) is 11.7 Å². The molecule has 1 saturated heterocycles. The van der Waals surface area contributed by atoms with E-state index in [1.165, 1.54) is 12.1 Å². The lowest BCUT2D eigenvalue weighted by atomic mass is 9.81. The topological polar surface area (TPSA) is 23.5 Å². The first-order chi connectivity index (χ1) is 7.70. The molecule has 88 valence electrons. The van der Waals surface area contributed by atoms with Gasteiger partial charge in [-0.1, -0.05) is 12.1 Å². The summed E-state index contributed by atoms with van der Waals surface area (Å²) in [5, 5.41) is 9.34. The minimum absolute atomic E-state index is 0.116. The minimum atomic E-state index is -0.223. The number of piperidine rings is 1. The van der Waals surface area contributed by atoms with Crippen molar-refractivity contribution in [3.63, 3.8) is 0 Å². The number of benzene rings is 1. The zero-order valence-electron chi connectivity index (χ0n) is 8.94. The largest absolute Gasteiger partial charge is 0.396 e. The molecule has 1 heterocycles. The van der Waals surface area contributed by atoms with E-state index in [0.29, 0.717) is 6.54 Å². The second-order valence-corrected chi connectivity index (χ2v) is 4.74. The van der Waals surface area contributed by atoms with E-state index in [-0.39, 0.29) is 24.3 Å². The minimum Gasteiger partial charge on any atom is -0.396 e. The predicted molar refractivity (Wildman–Crippen MR) is 61.8 cm³/mol. The smallest absolute Gasteiger partial charge is 0.123 e. The maximum atomic E-state index is 12.8. The van der Waals surface area contributed by atoms with E-state index >= 15 is 0 Å². The summed E-state index contributed by atoms with van der Waals surface area (Å²) < 4.78 is 14.5. The van der Waals surface area contributed by atoms with Crippen molar-refractivity contribution in [2.75, 3.05) is 19.7 Å². The van der Waals surface area contributed by atoms with Gasteiger partial charge in [0, 0.05) is 25.6 Å². The molecule has 0 saturated carbocycles. The van der Waals surface area contributed by atoms with Crippen LogP contribution in [0.5, 0.6) is 0 Å². The van der Waals surface area contributed by atoms with Crippen molar-refractivity contribution in [1.29, 1.82) is 0 Å². The molecule has 1 fully saturated rings. The van der Waals surface area contributed by atoms with E-state index < -0.39 is 0 Å². The molecule has 2 rings (SSSR count). The number of halogens is 2. The molecule has 1 aromatic carbocycles. The van der Waals surface area contributed by atoms with Crippen molar-refractivity contribution >= 4 is 11.8 Å². The van der Waals surface area contributed by atoms with Gasteiger partial charge in [-0.05, 0) is 41.8 Å². The monoisotopic (exact) mass is 243 g/mol. The summed E-state index contributed by atoms with van der Waals surface area (Å²) in [6.07, 6.45) is 0.903. The van der Waals surface area contributed by atoms with Gasteiger partial charge in [-0.2, -0.15) is 0 Å². The van der Waals surface area contributed by atoms with E-state index in [0.717, 1.165) is 18.5 Å². The molecule has 4 heteroatoms. The number of aliphatic hydroxyl groups excluding tert-OH is 1. The maximum Gasteiger partial charge on any atom is 0.123 e. The third-order valence-corrected chi connectivity index (χ3v) is 3.52. The molecular formula is C12H15ClFNO. The van der Waals surface area contributed by atoms with Crippen LogP contribution in [0.1, 0.15) is 17.9 Å². The number of rotatable bonds is 2. The molecule has 2 atom stereocenters. The van der Waals surface area contributed by atoms with Crippen LogP contribution in [0.4, 0.5) is 4.39 Å². The SMILES string of the molecule is OC[C@@H]1CN(Cl)CC[C@H]1c1ccc(F)cc1. The average Bonchev–Trinajstić information content (AvgIpc) is 2.30. The summed E-state index contributed by atoms with van der Waals surface area (Å²) in [4.78, 5) is 0. The molecule has 0 radical (unpaired) electrons. The summed E-state index contributed by atoms with van der Waals surface area (Å²) in [5.74, 6) is 0.191. The molecule has 0 amide bonds. The van der Waals surface area contributed by atoms with Crippen LogP contribution in [0.3, 0.4) is 0 Å². The van der Waals surface area contributed by atoms with Crippen molar-refractivity contribution in [2.24, 2.45) is 5.92 Å². The van der Waals surface area contributed by atoms with E-state index in [4.69, 9.17) is 11.8 Å². The summed E-state index contributed by atoms with van der Waals surface area (Å²) >= 11 is 5.93. The lowest BCUT2D eigenvalue weighted by Crippen LogP contribution is -2.36. The van der Waals surface area contributed by atoms with E-state index in [1.807, 2.05) is 0 Å². The van der Waals surface area contributed by atoms with E-state index in [1.54, 1.807) is 16.6 Å². The molecule has 0 aromatic heterocycles. The molecule has 0 aliphatic carbocycles. The molecule has 0 unspecified atom stereocenters. The van der Waals surface area contributed by atoms with Crippen LogP contribution in [0.25, 0.3) is 0 Å². The van der Waals surface area contributed by atoms with Crippen LogP contribution in [-0.4, -0.2) is 29.2 Å². The Morgan fingerprint density at radius 3 is 2.69 bits per heavy atom. The summed E-state index contributed by atoms with van der Waals surface area (Å²) in [6, 6.07) is 6.53. The standard InChI is InChI=1S/C12H15ClFNO/c13-15-6-5-12(10(7-15)8-16)9-1-3-11(14)4-2-9/h1-4,10,12,16H,5-8H2/t10-,12-/m0/s1. The number of hydrogen-bond acceptors (Lipinski definition) is 2. The highest BCUT2D eigenvalue weighted by Gasteiger charge is 2.29. The average molecular weight is 244 g/mol. The van der Waals surface area contributed by atoms with Gasteiger partial charge in [0.05, 0.1) is 0 Å². The Labute approximate surface area is 99.7 Å². The first-order valence-corrected chi connectivity index (χ1v) is 5.81. The highest BCUT2D eigenvalue weighted by Crippen LogP contribution is 2.33. The van der Waals surface area contributed by atoms with Gasteiger partial charge in [-0.15, -0.1) is 0 Å². The highest BCUT2D eigenvalue weighted by molar-refractivity contribution is 6.13. The fourth-order valence-corrected chi connectivity index (χ4v) is 2.60. The van der Waals surface area contributed by atoms with Gasteiger partial charge in [-0.3, -0.25) is 0 Å². The maximum absolute atomic E-state index is 12.8. The molecule has 1 aromatic rings. The van der Waals surface area contributed by atoms with Gasteiger partial charge in [0.15, 0.2) is 0 Å². The van der Waals surface area contributed by atoms with Gasteiger partial charge in [0.25, 0.3) is 0 Å². The summed E-state index contributed by atoms with van der Waals surface area (Å²) in [5.41, 5.74) is 1.09. The van der Waals surface area contributed by atoms with Gasteiger partial charge in [0.1, 0.15) is 5.82 Å². The zero-order valence-corrected chi connectivity index (χ0v) is 9.70. The second kappa shape index (κ2) is 5.13. The van der Waals surface area contributed by atoms with Crippen molar-refractivity contribution < 1.29 is 9.50 Å². The fourth-order valence-electron chi connectivity index (χ4n) is 2.32. The van der Waals surface area contributed by atoms with E-state index in [9.17, 15) is 9.50 Å². The Morgan fingerprint density at radius 1 is 1.38 bits per heavy atom. The first-order valence-electron chi connectivity index (χ1n) is 5.47. The summed E-state index contributed by atoms with van der Waals surface area (Å²) in [7, 11) is 0. The number of hydrogen-bond donors (Lipinski definition) is 1.